The van der Waals surface area contributed by atoms with Crippen molar-refractivity contribution in [2.24, 2.45) is 0 Å². The van der Waals surface area contributed by atoms with Crippen molar-refractivity contribution in [1.82, 2.24) is 14.9 Å². The minimum atomic E-state index is -0.134. The fourth-order valence-corrected chi connectivity index (χ4v) is 4.91. The first-order valence-corrected chi connectivity index (χ1v) is 11.5. The van der Waals surface area contributed by atoms with Crippen LogP contribution in [-0.2, 0) is 0 Å². The summed E-state index contributed by atoms with van der Waals surface area (Å²) >= 11 is 5.88. The van der Waals surface area contributed by atoms with Gasteiger partial charge in [-0.25, -0.2) is 0 Å². The zero-order valence-corrected chi connectivity index (χ0v) is 20.1. The third-order valence-corrected chi connectivity index (χ3v) is 6.48. The molecule has 0 saturated carbocycles. The van der Waals surface area contributed by atoms with E-state index in [9.17, 15) is 0 Å². The highest BCUT2D eigenvalue weighted by Crippen LogP contribution is 2.43. The van der Waals surface area contributed by atoms with Crippen molar-refractivity contribution in [1.29, 1.82) is 0 Å². The van der Waals surface area contributed by atoms with E-state index < -0.39 is 0 Å². The predicted molar refractivity (Wildman–Crippen MR) is 138 cm³/mol. The molecule has 2 atom stereocenters. The van der Waals surface area contributed by atoms with Gasteiger partial charge in [-0.05, 0) is 79.8 Å². The van der Waals surface area contributed by atoms with Crippen molar-refractivity contribution < 1.29 is 9.47 Å². The summed E-state index contributed by atoms with van der Waals surface area (Å²) in [5.74, 6) is 1.60. The zero-order chi connectivity index (χ0) is 23.7. The summed E-state index contributed by atoms with van der Waals surface area (Å²) in [6, 6.07) is 26.1. The predicted octanol–water partition coefficient (Wildman–Crippen LogP) is 5.38. The molecule has 172 valence electrons. The average molecular weight is 471 g/mol. The minimum Gasteiger partial charge on any atom is -0.497 e. The maximum absolute atomic E-state index is 5.88. The maximum atomic E-state index is 5.88. The normalized spacial score (nSPS) is 17.5. The molecule has 1 aliphatic heterocycles. The summed E-state index contributed by atoms with van der Waals surface area (Å²) in [5, 5.41) is 4.18. The van der Waals surface area contributed by atoms with Crippen molar-refractivity contribution >= 4 is 23.0 Å². The first-order chi connectivity index (χ1) is 16.6. The van der Waals surface area contributed by atoms with Crippen LogP contribution in [0.1, 0.15) is 29.2 Å². The summed E-state index contributed by atoms with van der Waals surface area (Å²) in [4.78, 5) is 6.82. The van der Waals surface area contributed by atoms with E-state index in [1.165, 1.54) is 0 Å². The topological polar surface area (TPSA) is 51.5 Å². The Morgan fingerprint density at radius 3 is 2.35 bits per heavy atom. The van der Waals surface area contributed by atoms with Gasteiger partial charge in [-0.1, -0.05) is 12.1 Å². The molecule has 5 rings (SSSR count). The third-order valence-electron chi connectivity index (χ3n) is 6.17. The van der Waals surface area contributed by atoms with Crippen LogP contribution in [0, 0.1) is 6.92 Å². The van der Waals surface area contributed by atoms with Gasteiger partial charge in [-0.15, -0.1) is 0 Å². The van der Waals surface area contributed by atoms with Crippen LogP contribution >= 0.6 is 12.2 Å². The number of hydrogen-bond acceptors (Lipinski definition) is 4. The Bertz CT molecular complexity index is 1300. The smallest absolute Gasteiger partial charge is 0.174 e. The summed E-state index contributed by atoms with van der Waals surface area (Å²) in [6.07, 6.45) is 1.82. The molecule has 34 heavy (non-hydrogen) atoms. The second kappa shape index (κ2) is 9.19. The quantitative estimate of drug-likeness (QED) is 0.382. The SMILES string of the molecule is COc1ccc(-n2c(C)ccc2[C@@H]2[C@H](c3ccccn3)NC(=S)N2c2cccc(OC)c2)cc1. The number of hydrogen-bond donors (Lipinski definition) is 1. The Morgan fingerprint density at radius 1 is 0.853 bits per heavy atom. The number of nitrogens with zero attached hydrogens (tertiary/aromatic N) is 3. The molecule has 1 fully saturated rings. The van der Waals surface area contributed by atoms with Crippen LogP contribution in [-0.4, -0.2) is 28.9 Å². The molecule has 0 radical (unpaired) electrons. The molecule has 0 bridgehead atoms. The molecule has 3 heterocycles. The number of methoxy groups -OCH3 is 2. The van der Waals surface area contributed by atoms with Crippen LogP contribution in [0.15, 0.2) is 85.1 Å². The number of benzene rings is 2. The fourth-order valence-electron chi connectivity index (χ4n) is 4.57. The average Bonchev–Trinajstić information content (AvgIpc) is 3.43. The van der Waals surface area contributed by atoms with E-state index in [-0.39, 0.29) is 12.1 Å². The van der Waals surface area contributed by atoms with Gasteiger partial charge in [0.15, 0.2) is 5.11 Å². The number of ether oxygens (including phenoxy) is 2. The van der Waals surface area contributed by atoms with Crippen LogP contribution in [0.5, 0.6) is 11.5 Å². The highest BCUT2D eigenvalue weighted by molar-refractivity contribution is 7.80. The first-order valence-electron chi connectivity index (χ1n) is 11.1. The number of aryl methyl sites for hydroxylation is 1. The zero-order valence-electron chi connectivity index (χ0n) is 19.3. The number of aromatic nitrogens is 2. The highest BCUT2D eigenvalue weighted by Gasteiger charge is 2.42. The van der Waals surface area contributed by atoms with E-state index >= 15 is 0 Å². The largest absolute Gasteiger partial charge is 0.497 e. The van der Waals surface area contributed by atoms with Gasteiger partial charge in [-0.2, -0.15) is 0 Å². The Balaban J connectivity index is 1.68. The molecule has 0 amide bonds. The Kier molecular flexibility index (Phi) is 5.94. The second-order valence-corrected chi connectivity index (χ2v) is 8.52. The van der Waals surface area contributed by atoms with Crippen molar-refractivity contribution in [2.75, 3.05) is 19.1 Å². The summed E-state index contributed by atoms with van der Waals surface area (Å²) in [5.41, 5.74) is 5.18. The lowest BCUT2D eigenvalue weighted by Gasteiger charge is -2.29. The van der Waals surface area contributed by atoms with Gasteiger partial charge in [0.1, 0.15) is 17.5 Å². The van der Waals surface area contributed by atoms with Gasteiger partial charge in [0.05, 0.1) is 26.0 Å². The number of pyridine rings is 1. The van der Waals surface area contributed by atoms with E-state index in [4.69, 9.17) is 21.7 Å². The van der Waals surface area contributed by atoms with Gasteiger partial charge < -0.3 is 24.3 Å². The Labute approximate surface area is 204 Å². The number of thiocarbonyl (C=S) groups is 1. The third kappa shape index (κ3) is 3.88. The van der Waals surface area contributed by atoms with Gasteiger partial charge in [0, 0.05) is 35.0 Å². The molecule has 1 N–H and O–H groups in total. The van der Waals surface area contributed by atoms with Gasteiger partial charge >= 0.3 is 0 Å². The lowest BCUT2D eigenvalue weighted by atomic mass is 10.0. The molecule has 2 aromatic heterocycles. The lowest BCUT2D eigenvalue weighted by molar-refractivity contribution is 0.414. The molecule has 1 aliphatic rings. The number of rotatable bonds is 6. The molecule has 2 aromatic carbocycles. The molecule has 1 saturated heterocycles. The molecule has 7 heteroatoms. The van der Waals surface area contributed by atoms with Gasteiger partial charge in [0.2, 0.25) is 0 Å². The van der Waals surface area contributed by atoms with Crippen molar-refractivity contribution in [3.05, 3.63) is 102 Å². The monoisotopic (exact) mass is 470 g/mol. The highest BCUT2D eigenvalue weighted by atomic mass is 32.1. The summed E-state index contributed by atoms with van der Waals surface area (Å²) in [7, 11) is 3.35. The fraction of sp³-hybridized carbons (Fsp3) is 0.185. The lowest BCUT2D eigenvalue weighted by Crippen LogP contribution is -2.30. The van der Waals surface area contributed by atoms with E-state index in [2.05, 4.69) is 57.0 Å². The van der Waals surface area contributed by atoms with Crippen LogP contribution in [0.4, 0.5) is 5.69 Å². The standard InChI is InChI=1S/C27H26N4O2S/c1-18-10-15-24(30(18)19-11-13-21(32-2)14-12-19)26-25(23-9-4-5-16-28-23)29-27(34)31(26)20-7-6-8-22(17-20)33-3/h4-17,25-26H,1-3H3,(H,29,34)/t25-,26+/m0/s1. The molecular formula is C27H26N4O2S. The van der Waals surface area contributed by atoms with Crippen molar-refractivity contribution in [2.45, 2.75) is 19.0 Å². The maximum Gasteiger partial charge on any atom is 0.174 e. The molecular weight excluding hydrogens is 444 g/mol. The van der Waals surface area contributed by atoms with E-state index in [0.717, 1.165) is 40.0 Å². The molecule has 0 unspecified atom stereocenters. The van der Waals surface area contributed by atoms with Crippen LogP contribution in [0.3, 0.4) is 0 Å². The first kappa shape index (κ1) is 22.0. The van der Waals surface area contributed by atoms with Crippen LogP contribution in [0.25, 0.3) is 5.69 Å². The summed E-state index contributed by atoms with van der Waals surface area (Å²) in [6.45, 7) is 2.11. The van der Waals surface area contributed by atoms with E-state index in [1.807, 2.05) is 54.7 Å². The van der Waals surface area contributed by atoms with E-state index in [0.29, 0.717) is 5.11 Å². The summed E-state index contributed by atoms with van der Waals surface area (Å²) < 4.78 is 13.1. The van der Waals surface area contributed by atoms with Crippen LogP contribution in [0.2, 0.25) is 0 Å². The number of anilines is 1. The Morgan fingerprint density at radius 2 is 1.65 bits per heavy atom. The molecule has 6 nitrogen and oxygen atoms in total. The van der Waals surface area contributed by atoms with Gasteiger partial charge in [-0.3, -0.25) is 4.98 Å². The molecule has 4 aromatic rings. The van der Waals surface area contributed by atoms with E-state index in [1.54, 1.807) is 14.2 Å². The second-order valence-electron chi connectivity index (χ2n) is 8.13. The van der Waals surface area contributed by atoms with Gasteiger partial charge in [0.25, 0.3) is 0 Å². The molecule has 0 aliphatic carbocycles. The minimum absolute atomic E-state index is 0.133. The van der Waals surface area contributed by atoms with Crippen molar-refractivity contribution in [3.63, 3.8) is 0 Å². The van der Waals surface area contributed by atoms with Crippen molar-refractivity contribution in [3.8, 4) is 17.2 Å². The van der Waals surface area contributed by atoms with Crippen LogP contribution < -0.4 is 19.7 Å². The molecule has 0 spiro atoms. The number of nitrogens with one attached hydrogen (secondary N) is 1. The Hall–Kier alpha value is -3.84.